The fourth-order valence-corrected chi connectivity index (χ4v) is 2.79. The molecule has 0 bridgehead atoms. The molecule has 1 aromatic rings. The molecule has 7 heteroatoms. The molecule has 1 amide bonds. The van der Waals surface area contributed by atoms with Gasteiger partial charge in [0.1, 0.15) is 5.84 Å². The van der Waals surface area contributed by atoms with Crippen LogP contribution in [-0.4, -0.2) is 34.9 Å². The molecule has 2 rings (SSSR count). The summed E-state index contributed by atoms with van der Waals surface area (Å²) in [6.07, 6.45) is 1.42. The number of oxime groups is 1. The van der Waals surface area contributed by atoms with Crippen LogP contribution >= 0.6 is 34.2 Å². The van der Waals surface area contributed by atoms with Gasteiger partial charge in [-0.3, -0.25) is 4.79 Å². The van der Waals surface area contributed by atoms with Gasteiger partial charge in [0.2, 0.25) is 0 Å². The zero-order valence-corrected chi connectivity index (χ0v) is 13.6. The van der Waals surface area contributed by atoms with Crippen molar-refractivity contribution in [2.45, 2.75) is 12.8 Å². The van der Waals surface area contributed by atoms with E-state index in [0.717, 1.165) is 3.57 Å². The second-order valence-corrected chi connectivity index (χ2v) is 6.29. The molecule has 0 unspecified atom stereocenters. The summed E-state index contributed by atoms with van der Waals surface area (Å²) >= 11 is 8.17. The van der Waals surface area contributed by atoms with E-state index in [1.54, 1.807) is 17.0 Å². The van der Waals surface area contributed by atoms with E-state index < -0.39 is 0 Å². The Morgan fingerprint density at radius 1 is 1.45 bits per heavy atom. The van der Waals surface area contributed by atoms with Crippen LogP contribution in [0.2, 0.25) is 5.02 Å². The van der Waals surface area contributed by atoms with E-state index >= 15 is 0 Å². The number of benzene rings is 1. The van der Waals surface area contributed by atoms with E-state index in [2.05, 4.69) is 27.7 Å². The number of hydrogen-bond donors (Lipinski definition) is 2. The number of amides is 1. The zero-order valence-electron chi connectivity index (χ0n) is 10.7. The quantitative estimate of drug-likeness (QED) is 0.260. The molecule has 108 valence electrons. The normalized spacial score (nSPS) is 17.3. The Labute approximate surface area is 135 Å². The average Bonchev–Trinajstić information content (AvgIpc) is 2.48. The van der Waals surface area contributed by atoms with E-state index in [-0.39, 0.29) is 17.7 Å². The summed E-state index contributed by atoms with van der Waals surface area (Å²) in [6, 6.07) is 5.31. The Morgan fingerprint density at radius 3 is 2.65 bits per heavy atom. The van der Waals surface area contributed by atoms with Crippen LogP contribution in [0.15, 0.2) is 23.4 Å². The van der Waals surface area contributed by atoms with Crippen molar-refractivity contribution in [1.82, 2.24) is 4.90 Å². The van der Waals surface area contributed by atoms with Crippen LogP contribution in [-0.2, 0) is 0 Å². The molecule has 0 saturated carbocycles. The number of halogens is 2. The number of rotatable bonds is 2. The van der Waals surface area contributed by atoms with Gasteiger partial charge in [-0.05, 0) is 53.6 Å². The Kier molecular flexibility index (Phi) is 5.09. The third-order valence-corrected chi connectivity index (χ3v) is 5.05. The van der Waals surface area contributed by atoms with Crippen molar-refractivity contribution in [3.05, 3.63) is 32.4 Å². The predicted octanol–water partition coefficient (Wildman–Crippen LogP) is 2.54. The highest BCUT2D eigenvalue weighted by Crippen LogP contribution is 2.23. The smallest absolute Gasteiger partial charge is 0.253 e. The highest BCUT2D eigenvalue weighted by atomic mass is 127. The number of piperidine rings is 1. The summed E-state index contributed by atoms with van der Waals surface area (Å²) in [5, 5.41) is 12.3. The Balaban J connectivity index is 2.03. The van der Waals surface area contributed by atoms with Crippen molar-refractivity contribution in [2.75, 3.05) is 13.1 Å². The predicted molar refractivity (Wildman–Crippen MR) is 86.2 cm³/mol. The molecular weight excluding hydrogens is 393 g/mol. The van der Waals surface area contributed by atoms with Gasteiger partial charge in [-0.1, -0.05) is 16.8 Å². The molecule has 0 atom stereocenters. The molecule has 1 aliphatic rings. The minimum Gasteiger partial charge on any atom is -0.409 e. The number of carbonyl (C=O) groups is 1. The lowest BCUT2D eigenvalue weighted by atomic mass is 9.95. The molecule has 1 aliphatic heterocycles. The second-order valence-electron chi connectivity index (χ2n) is 4.72. The number of nitrogens with two attached hydrogens (primary N) is 1. The Bertz CT molecular complexity index is 542. The van der Waals surface area contributed by atoms with Gasteiger partial charge in [-0.15, -0.1) is 0 Å². The monoisotopic (exact) mass is 407 g/mol. The lowest BCUT2D eigenvalue weighted by molar-refractivity contribution is 0.0709. The minimum absolute atomic E-state index is 0.0266. The van der Waals surface area contributed by atoms with Crippen LogP contribution in [0.25, 0.3) is 0 Å². The standard InChI is InChI=1S/C13H15ClIN3O2/c14-10-7-9(1-2-11(10)15)13(19)18-5-3-8(4-6-18)12(16)17-20/h1-2,7-8,20H,3-6H2,(H2,16,17). The first-order valence-corrected chi connectivity index (χ1v) is 7.70. The fraction of sp³-hybridized carbons (Fsp3) is 0.385. The van der Waals surface area contributed by atoms with Gasteiger partial charge in [-0.25, -0.2) is 0 Å². The first-order chi connectivity index (χ1) is 9.52. The van der Waals surface area contributed by atoms with Crippen LogP contribution in [0.5, 0.6) is 0 Å². The highest BCUT2D eigenvalue weighted by Gasteiger charge is 2.26. The van der Waals surface area contributed by atoms with Gasteiger partial charge in [0.05, 0.1) is 5.02 Å². The first-order valence-electron chi connectivity index (χ1n) is 6.24. The lowest BCUT2D eigenvalue weighted by Crippen LogP contribution is -2.41. The van der Waals surface area contributed by atoms with Gasteiger partial charge in [-0.2, -0.15) is 0 Å². The van der Waals surface area contributed by atoms with Crippen molar-refractivity contribution in [1.29, 1.82) is 0 Å². The molecule has 1 saturated heterocycles. The summed E-state index contributed by atoms with van der Waals surface area (Å²) in [4.78, 5) is 14.1. The summed E-state index contributed by atoms with van der Waals surface area (Å²) in [5.41, 5.74) is 6.19. The lowest BCUT2D eigenvalue weighted by Gasteiger charge is -2.31. The largest absolute Gasteiger partial charge is 0.409 e. The van der Waals surface area contributed by atoms with Gasteiger partial charge in [0.15, 0.2) is 0 Å². The molecule has 1 heterocycles. The minimum atomic E-state index is -0.0266. The van der Waals surface area contributed by atoms with Crippen molar-refractivity contribution < 1.29 is 10.0 Å². The fourth-order valence-electron chi connectivity index (χ4n) is 2.27. The van der Waals surface area contributed by atoms with Crippen molar-refractivity contribution in [3.63, 3.8) is 0 Å². The van der Waals surface area contributed by atoms with Gasteiger partial charge >= 0.3 is 0 Å². The summed E-state index contributed by atoms with van der Waals surface area (Å²) in [5.74, 6) is 0.264. The maximum Gasteiger partial charge on any atom is 0.253 e. The van der Waals surface area contributed by atoms with E-state index in [9.17, 15) is 4.79 Å². The molecule has 0 aromatic heterocycles. The van der Waals surface area contributed by atoms with Crippen LogP contribution in [0.3, 0.4) is 0 Å². The SMILES string of the molecule is N/C(=N/O)C1CCN(C(=O)c2ccc(I)c(Cl)c2)CC1. The molecule has 0 aliphatic carbocycles. The molecule has 3 N–H and O–H groups in total. The van der Waals surface area contributed by atoms with Crippen molar-refractivity contribution >= 4 is 45.9 Å². The number of likely N-dealkylation sites (tertiary alicyclic amines) is 1. The van der Waals surface area contributed by atoms with Gasteiger partial charge < -0.3 is 15.8 Å². The third kappa shape index (κ3) is 3.35. The van der Waals surface area contributed by atoms with Crippen LogP contribution < -0.4 is 5.73 Å². The average molecular weight is 408 g/mol. The molecule has 0 radical (unpaired) electrons. The van der Waals surface area contributed by atoms with Crippen molar-refractivity contribution in [3.8, 4) is 0 Å². The molecular formula is C13H15ClIN3O2. The van der Waals surface area contributed by atoms with Crippen LogP contribution in [0.4, 0.5) is 0 Å². The summed E-state index contributed by atoms with van der Waals surface area (Å²) in [7, 11) is 0. The molecule has 5 nitrogen and oxygen atoms in total. The van der Waals surface area contributed by atoms with Crippen LogP contribution in [0.1, 0.15) is 23.2 Å². The number of nitrogens with zero attached hydrogens (tertiary/aromatic N) is 2. The van der Waals surface area contributed by atoms with Gasteiger partial charge in [0, 0.05) is 28.1 Å². The maximum absolute atomic E-state index is 12.4. The molecule has 1 fully saturated rings. The maximum atomic E-state index is 12.4. The zero-order chi connectivity index (χ0) is 14.7. The van der Waals surface area contributed by atoms with Crippen molar-refractivity contribution in [2.24, 2.45) is 16.8 Å². The number of carbonyl (C=O) groups excluding carboxylic acids is 1. The topological polar surface area (TPSA) is 78.9 Å². The number of amidine groups is 1. The third-order valence-electron chi connectivity index (χ3n) is 3.48. The van der Waals surface area contributed by atoms with Crippen LogP contribution in [0, 0.1) is 9.49 Å². The van der Waals surface area contributed by atoms with E-state index in [1.807, 2.05) is 6.07 Å². The Morgan fingerprint density at radius 2 is 2.10 bits per heavy atom. The number of hydrogen-bond acceptors (Lipinski definition) is 3. The van der Waals surface area contributed by atoms with E-state index in [0.29, 0.717) is 36.5 Å². The molecule has 20 heavy (non-hydrogen) atoms. The molecule has 0 spiro atoms. The molecule has 1 aromatic carbocycles. The summed E-state index contributed by atoms with van der Waals surface area (Å²) in [6.45, 7) is 1.20. The highest BCUT2D eigenvalue weighted by molar-refractivity contribution is 14.1. The Hall–Kier alpha value is -1.02. The van der Waals surface area contributed by atoms with E-state index in [4.69, 9.17) is 22.5 Å². The summed E-state index contributed by atoms with van der Waals surface area (Å²) < 4.78 is 0.923. The van der Waals surface area contributed by atoms with Gasteiger partial charge in [0.25, 0.3) is 5.91 Å². The second kappa shape index (κ2) is 6.62. The van der Waals surface area contributed by atoms with E-state index in [1.165, 1.54) is 0 Å². The first kappa shape index (κ1) is 15.4.